The van der Waals surface area contributed by atoms with E-state index in [1.165, 1.54) is 7.11 Å². The fourth-order valence-corrected chi connectivity index (χ4v) is 4.37. The maximum absolute atomic E-state index is 12.9. The number of hydrogen-bond donors (Lipinski definition) is 1. The zero-order valence-corrected chi connectivity index (χ0v) is 20.8. The van der Waals surface area contributed by atoms with Crippen LogP contribution in [0.3, 0.4) is 0 Å². The van der Waals surface area contributed by atoms with Crippen LogP contribution in [0.25, 0.3) is 0 Å². The minimum atomic E-state index is -0.683. The normalized spacial score (nSPS) is 13.5. The molecule has 2 heterocycles. The molecule has 0 spiro atoms. The third-order valence-electron chi connectivity index (χ3n) is 6.39. The third kappa shape index (κ3) is 5.83. The smallest absolute Gasteiger partial charge is 0.260 e. The predicted octanol–water partition coefficient (Wildman–Crippen LogP) is 3.37. The molecule has 0 unspecified atom stereocenters. The lowest BCUT2D eigenvalue weighted by molar-refractivity contribution is -0.134. The van der Waals surface area contributed by atoms with Crippen LogP contribution in [-0.2, 0) is 33.8 Å². The van der Waals surface area contributed by atoms with Crippen molar-refractivity contribution in [2.45, 2.75) is 32.5 Å². The monoisotopic (exact) mass is 489 g/mol. The minimum Gasteiger partial charge on any atom is -0.497 e. The quantitative estimate of drug-likeness (QED) is 0.496. The fraction of sp³-hybridized carbons (Fsp3) is 0.321. The number of rotatable bonds is 9. The second-order valence-electron chi connectivity index (χ2n) is 8.60. The Morgan fingerprint density at radius 2 is 1.78 bits per heavy atom. The van der Waals surface area contributed by atoms with Crippen LogP contribution in [0.4, 0.5) is 0 Å². The summed E-state index contributed by atoms with van der Waals surface area (Å²) < 4.78 is 16.3. The summed E-state index contributed by atoms with van der Waals surface area (Å²) in [5.41, 5.74) is 4.78. The molecule has 0 radical (unpaired) electrons. The number of carbonyl (C=O) groups is 2. The number of benzene rings is 2. The van der Waals surface area contributed by atoms with E-state index in [1.54, 1.807) is 36.3 Å². The van der Waals surface area contributed by atoms with Gasteiger partial charge in [0.2, 0.25) is 0 Å². The second kappa shape index (κ2) is 11.7. The molecule has 8 heteroatoms. The zero-order chi connectivity index (χ0) is 25.5. The zero-order valence-electron chi connectivity index (χ0n) is 20.8. The maximum Gasteiger partial charge on any atom is 0.260 e. The average Bonchev–Trinajstić information content (AvgIpc) is 2.92. The van der Waals surface area contributed by atoms with Gasteiger partial charge in [-0.05, 0) is 59.9 Å². The van der Waals surface area contributed by atoms with Crippen LogP contribution in [-0.4, -0.2) is 49.1 Å². The largest absolute Gasteiger partial charge is 0.497 e. The first-order valence-electron chi connectivity index (χ1n) is 11.9. The minimum absolute atomic E-state index is 0.0399. The van der Waals surface area contributed by atoms with Crippen molar-refractivity contribution in [1.29, 1.82) is 0 Å². The number of amides is 2. The number of fused-ring (bicyclic) bond motifs is 1. The molecule has 2 aromatic carbocycles. The fourth-order valence-electron chi connectivity index (χ4n) is 4.37. The SMILES string of the molecule is COc1ccc(OCC(=O)N2CCc3c(cnc(C)c3CNC(=O)[C@H](OC)c3ccccc3)C2)cc1. The highest BCUT2D eigenvalue weighted by Gasteiger charge is 2.25. The van der Waals surface area contributed by atoms with E-state index in [1.807, 2.05) is 43.5 Å². The van der Waals surface area contributed by atoms with Crippen molar-refractivity contribution in [3.8, 4) is 11.5 Å². The van der Waals surface area contributed by atoms with Crippen LogP contribution < -0.4 is 14.8 Å². The number of hydrogen-bond acceptors (Lipinski definition) is 6. The third-order valence-corrected chi connectivity index (χ3v) is 6.39. The second-order valence-corrected chi connectivity index (χ2v) is 8.60. The molecule has 1 aliphatic heterocycles. The van der Waals surface area contributed by atoms with E-state index >= 15 is 0 Å². The first-order valence-corrected chi connectivity index (χ1v) is 11.9. The van der Waals surface area contributed by atoms with Crippen molar-refractivity contribution >= 4 is 11.8 Å². The lowest BCUT2D eigenvalue weighted by Gasteiger charge is -2.30. The molecule has 4 rings (SSSR count). The molecule has 0 fully saturated rings. The topological polar surface area (TPSA) is 90.0 Å². The molecule has 1 aliphatic rings. The van der Waals surface area contributed by atoms with Gasteiger partial charge >= 0.3 is 0 Å². The Kier molecular flexibility index (Phi) is 8.17. The van der Waals surface area contributed by atoms with Gasteiger partial charge in [-0.1, -0.05) is 30.3 Å². The Balaban J connectivity index is 1.38. The van der Waals surface area contributed by atoms with Crippen molar-refractivity contribution < 1.29 is 23.8 Å². The van der Waals surface area contributed by atoms with Gasteiger partial charge in [-0.2, -0.15) is 0 Å². The van der Waals surface area contributed by atoms with Crippen LogP contribution in [0.1, 0.15) is 34.1 Å². The molecule has 188 valence electrons. The van der Waals surface area contributed by atoms with Gasteiger partial charge in [0.25, 0.3) is 11.8 Å². The molecule has 0 saturated carbocycles. The highest BCUT2D eigenvalue weighted by Crippen LogP contribution is 2.25. The lowest BCUT2D eigenvalue weighted by Crippen LogP contribution is -2.39. The van der Waals surface area contributed by atoms with Gasteiger partial charge < -0.3 is 24.4 Å². The van der Waals surface area contributed by atoms with Crippen molar-refractivity contribution in [2.75, 3.05) is 27.4 Å². The van der Waals surface area contributed by atoms with Gasteiger partial charge in [0, 0.05) is 38.6 Å². The van der Waals surface area contributed by atoms with Gasteiger partial charge in [-0.3, -0.25) is 14.6 Å². The highest BCUT2D eigenvalue weighted by molar-refractivity contribution is 5.82. The summed E-state index contributed by atoms with van der Waals surface area (Å²) in [6, 6.07) is 16.5. The van der Waals surface area contributed by atoms with Crippen LogP contribution >= 0.6 is 0 Å². The van der Waals surface area contributed by atoms with E-state index in [0.717, 1.165) is 33.7 Å². The van der Waals surface area contributed by atoms with Gasteiger partial charge in [0.05, 0.1) is 7.11 Å². The molecule has 0 saturated heterocycles. The molecule has 36 heavy (non-hydrogen) atoms. The molecule has 0 bridgehead atoms. The molecular weight excluding hydrogens is 458 g/mol. The van der Waals surface area contributed by atoms with Gasteiger partial charge in [0.1, 0.15) is 11.5 Å². The summed E-state index contributed by atoms with van der Waals surface area (Å²) in [4.78, 5) is 32.0. The molecule has 0 aliphatic carbocycles. The number of nitrogens with zero attached hydrogens (tertiary/aromatic N) is 2. The van der Waals surface area contributed by atoms with E-state index in [4.69, 9.17) is 14.2 Å². The first kappa shape index (κ1) is 25.2. The van der Waals surface area contributed by atoms with Crippen LogP contribution in [0.15, 0.2) is 60.8 Å². The van der Waals surface area contributed by atoms with Crippen molar-refractivity contribution in [2.24, 2.45) is 0 Å². The molecular formula is C28H31N3O5. The van der Waals surface area contributed by atoms with E-state index in [0.29, 0.717) is 31.8 Å². The number of methoxy groups -OCH3 is 2. The van der Waals surface area contributed by atoms with E-state index < -0.39 is 6.10 Å². The molecule has 1 N–H and O–H groups in total. The van der Waals surface area contributed by atoms with E-state index in [-0.39, 0.29) is 18.4 Å². The molecule has 2 amide bonds. The first-order chi connectivity index (χ1) is 17.5. The Morgan fingerprint density at radius 1 is 1.06 bits per heavy atom. The lowest BCUT2D eigenvalue weighted by atomic mass is 9.94. The Labute approximate surface area is 211 Å². The summed E-state index contributed by atoms with van der Waals surface area (Å²) >= 11 is 0. The Hall–Kier alpha value is -3.91. The Bertz CT molecular complexity index is 1200. The maximum atomic E-state index is 12.9. The number of aromatic nitrogens is 1. The highest BCUT2D eigenvalue weighted by atomic mass is 16.5. The molecule has 1 atom stereocenters. The summed E-state index contributed by atoms with van der Waals surface area (Å²) in [7, 11) is 3.13. The van der Waals surface area contributed by atoms with Gasteiger partial charge in [-0.15, -0.1) is 0 Å². The van der Waals surface area contributed by atoms with Crippen LogP contribution in [0.5, 0.6) is 11.5 Å². The van der Waals surface area contributed by atoms with Crippen molar-refractivity contribution in [3.63, 3.8) is 0 Å². The summed E-state index contributed by atoms with van der Waals surface area (Å²) in [5, 5.41) is 3.01. The number of aryl methyl sites for hydroxylation is 1. The molecule has 8 nitrogen and oxygen atoms in total. The number of carbonyl (C=O) groups excluding carboxylic acids is 2. The predicted molar refractivity (Wildman–Crippen MR) is 135 cm³/mol. The van der Waals surface area contributed by atoms with Crippen molar-refractivity contribution in [3.05, 3.63) is 88.7 Å². The number of pyridine rings is 1. The van der Waals surface area contributed by atoms with E-state index in [9.17, 15) is 9.59 Å². The summed E-state index contributed by atoms with van der Waals surface area (Å²) in [6.07, 6.45) is 1.82. The van der Waals surface area contributed by atoms with Crippen molar-refractivity contribution in [1.82, 2.24) is 15.2 Å². The van der Waals surface area contributed by atoms with Crippen LogP contribution in [0, 0.1) is 6.92 Å². The molecule has 3 aromatic rings. The number of ether oxygens (including phenoxy) is 3. The van der Waals surface area contributed by atoms with Gasteiger partial charge in [0.15, 0.2) is 12.7 Å². The standard InChI is InChI=1S/C28H31N3O5/c1-19-25(16-30-28(33)27(35-3)20-7-5-4-6-8-20)24-13-14-31(17-21(24)15-29-19)26(32)18-36-23-11-9-22(34-2)10-12-23/h4-12,15,27H,13-14,16-18H2,1-3H3,(H,30,33)/t27-/m1/s1. The van der Waals surface area contributed by atoms with E-state index in [2.05, 4.69) is 10.3 Å². The summed E-state index contributed by atoms with van der Waals surface area (Å²) in [5.74, 6) is 1.05. The summed E-state index contributed by atoms with van der Waals surface area (Å²) in [6.45, 7) is 3.28. The average molecular weight is 490 g/mol. The Morgan fingerprint density at radius 3 is 2.47 bits per heavy atom. The van der Waals surface area contributed by atoms with Gasteiger partial charge in [-0.25, -0.2) is 0 Å². The molecule has 1 aromatic heterocycles. The van der Waals surface area contributed by atoms with Crippen LogP contribution in [0.2, 0.25) is 0 Å². The number of nitrogens with one attached hydrogen (secondary N) is 1.